The lowest BCUT2D eigenvalue weighted by Crippen LogP contribution is -2.15. The Balaban J connectivity index is 2.08. The molecule has 0 aliphatic rings. The minimum atomic E-state index is -0.0563. The zero-order chi connectivity index (χ0) is 16.1. The SMILES string of the molecule is COc1ccc(NC(=O)Cc2ccc(C)cc2C)cc1OC. The van der Waals surface area contributed by atoms with Crippen LogP contribution >= 0.6 is 0 Å². The maximum Gasteiger partial charge on any atom is 0.228 e. The molecule has 0 fully saturated rings. The molecule has 0 atom stereocenters. The Morgan fingerprint density at radius 3 is 2.36 bits per heavy atom. The molecule has 0 heterocycles. The summed E-state index contributed by atoms with van der Waals surface area (Å²) in [7, 11) is 3.15. The summed E-state index contributed by atoms with van der Waals surface area (Å²) in [5.74, 6) is 1.17. The Morgan fingerprint density at radius 2 is 1.73 bits per heavy atom. The van der Waals surface area contributed by atoms with Crippen LogP contribution in [0.25, 0.3) is 0 Å². The first kappa shape index (κ1) is 15.9. The van der Waals surface area contributed by atoms with Crippen molar-refractivity contribution in [2.45, 2.75) is 20.3 Å². The molecular weight excluding hydrogens is 278 g/mol. The van der Waals surface area contributed by atoms with Crippen molar-refractivity contribution in [1.29, 1.82) is 0 Å². The maximum atomic E-state index is 12.2. The second-order valence-electron chi connectivity index (χ2n) is 5.22. The quantitative estimate of drug-likeness (QED) is 0.919. The van der Waals surface area contributed by atoms with Gasteiger partial charge in [-0.25, -0.2) is 0 Å². The Bertz CT molecular complexity index is 680. The Morgan fingerprint density at radius 1 is 1.00 bits per heavy atom. The molecule has 2 rings (SSSR count). The highest BCUT2D eigenvalue weighted by Gasteiger charge is 2.09. The van der Waals surface area contributed by atoms with Crippen LogP contribution in [0.4, 0.5) is 5.69 Å². The van der Waals surface area contributed by atoms with Gasteiger partial charge in [-0.05, 0) is 37.1 Å². The average Bonchev–Trinajstić information content (AvgIpc) is 2.50. The monoisotopic (exact) mass is 299 g/mol. The van der Waals surface area contributed by atoms with E-state index in [4.69, 9.17) is 9.47 Å². The molecule has 0 unspecified atom stereocenters. The van der Waals surface area contributed by atoms with Gasteiger partial charge in [0.15, 0.2) is 11.5 Å². The highest BCUT2D eigenvalue weighted by Crippen LogP contribution is 2.29. The van der Waals surface area contributed by atoms with Crippen molar-refractivity contribution in [3.05, 3.63) is 53.1 Å². The van der Waals surface area contributed by atoms with Crippen LogP contribution in [0.1, 0.15) is 16.7 Å². The molecule has 0 aliphatic heterocycles. The van der Waals surface area contributed by atoms with Gasteiger partial charge in [-0.1, -0.05) is 23.8 Å². The van der Waals surface area contributed by atoms with E-state index in [2.05, 4.69) is 11.4 Å². The number of carbonyl (C=O) groups excluding carboxylic acids is 1. The van der Waals surface area contributed by atoms with Gasteiger partial charge in [0.1, 0.15) is 0 Å². The first-order valence-corrected chi connectivity index (χ1v) is 7.11. The van der Waals surface area contributed by atoms with E-state index in [1.165, 1.54) is 5.56 Å². The molecule has 22 heavy (non-hydrogen) atoms. The van der Waals surface area contributed by atoms with Gasteiger partial charge in [-0.2, -0.15) is 0 Å². The predicted molar refractivity (Wildman–Crippen MR) is 87.8 cm³/mol. The van der Waals surface area contributed by atoms with Crippen molar-refractivity contribution in [2.24, 2.45) is 0 Å². The smallest absolute Gasteiger partial charge is 0.228 e. The first-order chi connectivity index (χ1) is 10.5. The third kappa shape index (κ3) is 3.79. The zero-order valence-electron chi connectivity index (χ0n) is 13.4. The third-order valence-electron chi connectivity index (χ3n) is 3.52. The normalized spacial score (nSPS) is 10.2. The van der Waals surface area contributed by atoms with Crippen LogP contribution < -0.4 is 14.8 Å². The van der Waals surface area contributed by atoms with Crippen molar-refractivity contribution in [2.75, 3.05) is 19.5 Å². The lowest BCUT2D eigenvalue weighted by atomic mass is 10.0. The number of carbonyl (C=O) groups is 1. The minimum absolute atomic E-state index is 0.0563. The van der Waals surface area contributed by atoms with E-state index in [9.17, 15) is 4.79 Å². The van der Waals surface area contributed by atoms with E-state index in [1.807, 2.05) is 26.0 Å². The van der Waals surface area contributed by atoms with E-state index >= 15 is 0 Å². The number of amides is 1. The number of ether oxygens (including phenoxy) is 2. The second-order valence-corrected chi connectivity index (χ2v) is 5.22. The van der Waals surface area contributed by atoms with Gasteiger partial charge >= 0.3 is 0 Å². The lowest BCUT2D eigenvalue weighted by Gasteiger charge is -2.11. The molecule has 0 saturated carbocycles. The van der Waals surface area contributed by atoms with E-state index < -0.39 is 0 Å². The van der Waals surface area contributed by atoms with Gasteiger partial charge in [0.05, 0.1) is 20.6 Å². The molecule has 116 valence electrons. The molecule has 0 spiro atoms. The van der Waals surface area contributed by atoms with Gasteiger partial charge in [0, 0.05) is 11.8 Å². The summed E-state index contributed by atoms with van der Waals surface area (Å²) in [5.41, 5.74) is 4.04. The van der Waals surface area contributed by atoms with Crippen molar-refractivity contribution in [3.63, 3.8) is 0 Å². The summed E-state index contributed by atoms with van der Waals surface area (Å²) in [6, 6.07) is 11.4. The molecule has 2 aromatic carbocycles. The van der Waals surface area contributed by atoms with Crippen LogP contribution in [-0.4, -0.2) is 20.1 Å². The number of methoxy groups -OCH3 is 2. The van der Waals surface area contributed by atoms with E-state index in [0.717, 1.165) is 11.1 Å². The summed E-state index contributed by atoms with van der Waals surface area (Å²) < 4.78 is 10.4. The van der Waals surface area contributed by atoms with Gasteiger partial charge in [0.2, 0.25) is 5.91 Å². The van der Waals surface area contributed by atoms with Crippen LogP contribution in [0, 0.1) is 13.8 Å². The molecule has 2 aromatic rings. The van der Waals surface area contributed by atoms with Gasteiger partial charge in [-0.3, -0.25) is 4.79 Å². The largest absolute Gasteiger partial charge is 0.493 e. The van der Waals surface area contributed by atoms with Crippen LogP contribution in [0.5, 0.6) is 11.5 Å². The Hall–Kier alpha value is -2.49. The molecule has 4 heteroatoms. The number of hydrogen-bond acceptors (Lipinski definition) is 3. The van der Waals surface area contributed by atoms with E-state index in [0.29, 0.717) is 23.6 Å². The molecule has 4 nitrogen and oxygen atoms in total. The fraction of sp³-hybridized carbons (Fsp3) is 0.278. The average molecular weight is 299 g/mol. The molecule has 0 bridgehead atoms. The summed E-state index contributed by atoms with van der Waals surface area (Å²) in [6.45, 7) is 4.06. The fourth-order valence-corrected chi connectivity index (χ4v) is 2.34. The van der Waals surface area contributed by atoms with Crippen LogP contribution in [-0.2, 0) is 11.2 Å². The number of benzene rings is 2. The Labute approximate surface area is 131 Å². The van der Waals surface area contributed by atoms with Crippen molar-refractivity contribution < 1.29 is 14.3 Å². The molecule has 0 radical (unpaired) electrons. The van der Waals surface area contributed by atoms with Gasteiger partial charge in [-0.15, -0.1) is 0 Å². The molecule has 1 N–H and O–H groups in total. The summed E-state index contributed by atoms with van der Waals surface area (Å²) in [4.78, 5) is 12.2. The predicted octanol–water partition coefficient (Wildman–Crippen LogP) is 3.50. The molecule has 0 saturated heterocycles. The van der Waals surface area contributed by atoms with Crippen LogP contribution in [0.3, 0.4) is 0 Å². The number of nitrogens with one attached hydrogen (secondary N) is 1. The molecule has 0 aliphatic carbocycles. The highest BCUT2D eigenvalue weighted by molar-refractivity contribution is 5.92. The number of anilines is 1. The van der Waals surface area contributed by atoms with E-state index in [1.54, 1.807) is 32.4 Å². The highest BCUT2D eigenvalue weighted by atomic mass is 16.5. The van der Waals surface area contributed by atoms with Crippen LogP contribution in [0.2, 0.25) is 0 Å². The van der Waals surface area contributed by atoms with Crippen molar-refractivity contribution in [3.8, 4) is 11.5 Å². The first-order valence-electron chi connectivity index (χ1n) is 7.11. The van der Waals surface area contributed by atoms with Gasteiger partial charge in [0.25, 0.3) is 0 Å². The molecule has 1 amide bonds. The summed E-state index contributed by atoms with van der Waals surface area (Å²) >= 11 is 0. The molecular formula is C18H21NO3. The summed E-state index contributed by atoms with van der Waals surface area (Å²) in [6.07, 6.45) is 0.348. The fourth-order valence-electron chi connectivity index (χ4n) is 2.34. The summed E-state index contributed by atoms with van der Waals surface area (Å²) in [5, 5.41) is 2.88. The van der Waals surface area contributed by atoms with Crippen molar-refractivity contribution in [1.82, 2.24) is 0 Å². The minimum Gasteiger partial charge on any atom is -0.493 e. The number of hydrogen-bond donors (Lipinski definition) is 1. The lowest BCUT2D eigenvalue weighted by molar-refractivity contribution is -0.115. The second kappa shape index (κ2) is 6.98. The Kier molecular flexibility index (Phi) is 5.04. The zero-order valence-corrected chi connectivity index (χ0v) is 13.4. The topological polar surface area (TPSA) is 47.6 Å². The molecule has 0 aromatic heterocycles. The maximum absolute atomic E-state index is 12.2. The van der Waals surface area contributed by atoms with Gasteiger partial charge < -0.3 is 14.8 Å². The number of rotatable bonds is 5. The van der Waals surface area contributed by atoms with Crippen molar-refractivity contribution >= 4 is 11.6 Å². The van der Waals surface area contributed by atoms with Crippen LogP contribution in [0.15, 0.2) is 36.4 Å². The standard InChI is InChI=1S/C18H21NO3/c1-12-5-6-14(13(2)9-12)10-18(20)19-15-7-8-16(21-3)17(11-15)22-4/h5-9,11H,10H2,1-4H3,(H,19,20). The number of aryl methyl sites for hydroxylation is 2. The van der Waals surface area contributed by atoms with E-state index in [-0.39, 0.29) is 5.91 Å². The third-order valence-corrected chi connectivity index (χ3v) is 3.52.